The lowest BCUT2D eigenvalue weighted by Crippen LogP contribution is -2.54. The van der Waals surface area contributed by atoms with Crippen LogP contribution in [0.4, 0.5) is 13.2 Å². The average Bonchev–Trinajstić information content (AvgIpc) is 3.36. The Labute approximate surface area is 428 Å². The van der Waals surface area contributed by atoms with Crippen molar-refractivity contribution < 1.29 is 67.2 Å². The molecule has 4 aromatic rings. The largest absolute Gasteiger partial charge is 0.507 e. The summed E-state index contributed by atoms with van der Waals surface area (Å²) in [5.41, 5.74) is 10.4. The number of nitrogens with one attached hydrogen (secondary N) is 4. The van der Waals surface area contributed by atoms with Crippen molar-refractivity contribution in [3.63, 3.8) is 0 Å². The highest BCUT2D eigenvalue weighted by molar-refractivity contribution is 5.97. The van der Waals surface area contributed by atoms with Gasteiger partial charge in [-0.2, -0.15) is 13.2 Å². The van der Waals surface area contributed by atoms with Crippen LogP contribution in [0.3, 0.4) is 0 Å². The number of likely N-dealkylation sites (N-methyl/N-ethyl adjacent to an activating group) is 1. The fourth-order valence-corrected chi connectivity index (χ4v) is 8.25. The number of aryl methyl sites for hydroxylation is 1. The lowest BCUT2D eigenvalue weighted by molar-refractivity contribution is -0.192. The maximum Gasteiger partial charge on any atom is 0.490 e. The molecule has 4 bridgehead atoms. The van der Waals surface area contributed by atoms with E-state index in [1.807, 2.05) is 12.1 Å². The third-order valence-corrected chi connectivity index (χ3v) is 12.4. The minimum Gasteiger partial charge on any atom is -0.507 e. The van der Waals surface area contributed by atoms with E-state index in [1.54, 1.807) is 12.1 Å². The molecule has 0 saturated carbocycles. The van der Waals surface area contributed by atoms with Gasteiger partial charge in [0, 0.05) is 43.1 Å². The Morgan fingerprint density at radius 2 is 1.35 bits per heavy atom. The van der Waals surface area contributed by atoms with Crippen LogP contribution >= 0.6 is 0 Å². The number of hydrogen-bond donors (Lipinski definition) is 9. The molecule has 1 aliphatic heterocycles. The number of alkyl halides is 3. The number of carboxylic acids is 2. The molecule has 1 heterocycles. The van der Waals surface area contributed by atoms with Gasteiger partial charge in [-0.05, 0) is 110 Å². The Morgan fingerprint density at radius 3 is 1.95 bits per heavy atom. The molecule has 0 aliphatic carbocycles. The zero-order valence-electron chi connectivity index (χ0n) is 41.8. The number of amides is 5. The van der Waals surface area contributed by atoms with Crippen molar-refractivity contribution >= 4 is 41.5 Å². The van der Waals surface area contributed by atoms with E-state index in [2.05, 4.69) is 52.5 Å². The maximum absolute atomic E-state index is 14.4. The van der Waals surface area contributed by atoms with E-state index in [0.29, 0.717) is 30.5 Å². The van der Waals surface area contributed by atoms with Crippen molar-refractivity contribution in [2.24, 2.45) is 5.73 Å². The molecule has 10 N–H and O–H groups in total. The molecule has 5 rings (SSSR count). The van der Waals surface area contributed by atoms with Crippen LogP contribution in [0.15, 0.2) is 84.9 Å². The number of rotatable bonds is 21. The third kappa shape index (κ3) is 17.9. The normalized spacial score (nSPS) is 16.0. The number of aromatic hydroxyl groups is 2. The van der Waals surface area contributed by atoms with Crippen LogP contribution in [-0.4, -0.2) is 111 Å². The number of phenolic OH excluding ortho intramolecular Hbond substituents is 2. The van der Waals surface area contributed by atoms with E-state index in [4.69, 9.17) is 15.6 Å². The van der Waals surface area contributed by atoms with E-state index < -0.39 is 65.9 Å². The Hall–Kier alpha value is -7.48. The Morgan fingerprint density at radius 1 is 0.770 bits per heavy atom. The molecular weight excluding hydrogens is 966 g/mol. The van der Waals surface area contributed by atoms with Crippen molar-refractivity contribution in [1.82, 2.24) is 26.2 Å². The van der Waals surface area contributed by atoms with Crippen molar-refractivity contribution in [2.45, 2.75) is 128 Å². The summed E-state index contributed by atoms with van der Waals surface area (Å²) < 4.78 is 31.7. The smallest absolute Gasteiger partial charge is 0.490 e. The predicted molar refractivity (Wildman–Crippen MR) is 271 cm³/mol. The number of carboxylic acid groups (broad SMARTS) is 2. The van der Waals surface area contributed by atoms with Crippen LogP contribution in [0.25, 0.3) is 22.3 Å². The van der Waals surface area contributed by atoms with Crippen LogP contribution in [0.5, 0.6) is 11.5 Å². The van der Waals surface area contributed by atoms with Crippen LogP contribution in [0.2, 0.25) is 0 Å². The molecule has 0 saturated heterocycles. The van der Waals surface area contributed by atoms with Crippen LogP contribution < -0.4 is 27.0 Å². The molecule has 0 radical (unpaired) electrons. The van der Waals surface area contributed by atoms with Gasteiger partial charge in [0.05, 0.1) is 0 Å². The van der Waals surface area contributed by atoms with Crippen molar-refractivity contribution in [3.05, 3.63) is 107 Å². The number of aliphatic carboxylic acids is 2. The Kier molecular flexibility index (Phi) is 22.9. The number of carbonyl (C=O) groups is 7. The minimum absolute atomic E-state index is 0.0236. The molecule has 4 atom stereocenters. The number of unbranched alkanes of at least 4 members (excludes halogenated alkanes) is 7. The summed E-state index contributed by atoms with van der Waals surface area (Å²) in [6.45, 7) is 3.92. The number of halogens is 3. The molecule has 5 amide bonds. The molecular formula is C54H67F3N6O11. The van der Waals surface area contributed by atoms with Gasteiger partial charge in [-0.1, -0.05) is 94.0 Å². The highest BCUT2D eigenvalue weighted by atomic mass is 19.4. The number of hydrogen-bond acceptors (Lipinski definition) is 10. The van der Waals surface area contributed by atoms with Gasteiger partial charge in [0.2, 0.25) is 23.6 Å². The van der Waals surface area contributed by atoms with E-state index in [0.717, 1.165) is 22.4 Å². The fourth-order valence-electron chi connectivity index (χ4n) is 8.25. The van der Waals surface area contributed by atoms with Crippen LogP contribution in [-0.2, 0) is 41.6 Å². The zero-order valence-corrected chi connectivity index (χ0v) is 41.8. The lowest BCUT2D eigenvalue weighted by atomic mass is 9.93. The summed E-state index contributed by atoms with van der Waals surface area (Å²) in [6, 6.07) is 19.0. The van der Waals surface area contributed by atoms with Crippen LogP contribution in [0.1, 0.15) is 118 Å². The molecule has 17 nitrogen and oxygen atoms in total. The molecule has 400 valence electrons. The molecule has 20 heteroatoms. The van der Waals surface area contributed by atoms with Gasteiger partial charge in [-0.15, -0.1) is 0 Å². The molecule has 0 unspecified atom stereocenters. The third-order valence-electron chi connectivity index (χ3n) is 12.4. The van der Waals surface area contributed by atoms with Gasteiger partial charge >= 0.3 is 18.1 Å². The summed E-state index contributed by atoms with van der Waals surface area (Å²) in [5.74, 6) is -7.75. The van der Waals surface area contributed by atoms with Crippen LogP contribution in [0, 0.1) is 0 Å². The number of nitrogens with two attached hydrogens (primary N) is 1. The van der Waals surface area contributed by atoms with Crippen molar-refractivity contribution in [1.29, 1.82) is 0 Å². The number of benzene rings is 4. The molecule has 74 heavy (non-hydrogen) atoms. The van der Waals surface area contributed by atoms with E-state index >= 15 is 0 Å². The zero-order chi connectivity index (χ0) is 54.5. The SMILES string of the molecule is CCCCCCCCCc1ccc(-c2ccc(C(=O)NCCC(=O)N[C@@H](CCCCN)C(=O)N(C)[C@@H]3C(=O)N[C@@H](C)C(=O)N[C@H](C(=O)O)Cc4ccc(O)c(c4)-c4cc3ccc4O)cc2)cc1.O=C(O)C(F)(F)F. The Bertz CT molecular complexity index is 2560. The first-order valence-corrected chi connectivity index (χ1v) is 24.7. The molecule has 4 aromatic carbocycles. The number of carbonyl (C=O) groups excluding carboxylic acids is 5. The lowest BCUT2D eigenvalue weighted by Gasteiger charge is -2.32. The van der Waals surface area contributed by atoms with Gasteiger partial charge in [0.1, 0.15) is 35.7 Å². The average molecular weight is 1030 g/mol. The molecule has 0 aromatic heterocycles. The second-order valence-electron chi connectivity index (χ2n) is 18.2. The summed E-state index contributed by atoms with van der Waals surface area (Å²) in [6.07, 6.45) is 5.71. The summed E-state index contributed by atoms with van der Waals surface area (Å²) in [4.78, 5) is 90.6. The monoisotopic (exact) mass is 1030 g/mol. The van der Waals surface area contributed by atoms with Gasteiger partial charge < -0.3 is 52.3 Å². The molecule has 0 spiro atoms. The van der Waals surface area contributed by atoms with Gasteiger partial charge in [0.25, 0.3) is 5.91 Å². The second-order valence-corrected chi connectivity index (χ2v) is 18.2. The van der Waals surface area contributed by atoms with E-state index in [9.17, 15) is 57.3 Å². The fraction of sp³-hybridized carbons (Fsp3) is 0.426. The van der Waals surface area contributed by atoms with Crippen molar-refractivity contribution in [3.8, 4) is 33.8 Å². The first-order valence-electron chi connectivity index (χ1n) is 24.7. The number of phenols is 2. The highest BCUT2D eigenvalue weighted by Gasteiger charge is 2.38. The topological polar surface area (TPSA) is 278 Å². The first-order chi connectivity index (χ1) is 35.1. The van der Waals surface area contributed by atoms with Gasteiger partial charge in [0.15, 0.2) is 0 Å². The standard InChI is InChI=1S/C52H66N6O9.C2HF3O2/c1-4-5-6-7-8-9-10-13-34-15-18-36(19-16-34)37-20-22-38(23-21-37)49(63)54-29-27-46(61)56-42(14-11-12-28-53)51(65)58(3)47-39-24-26-45(60)41(32-39)40-30-35(17-25-44(40)59)31-43(52(66)67)57-48(62)33(2)55-50(47)64;3-2(4,5)1(6)7/h15-26,30,32-33,42-43,47,59-60H,4-14,27-29,31,53H2,1-3H3,(H,54,63)(H,55,64)(H,56,61)(H,57,62)(H,66,67);(H,6,7)/t33-,42-,43-,47-;/m0./s1. The quantitative estimate of drug-likeness (QED) is 0.0385. The highest BCUT2D eigenvalue weighted by Crippen LogP contribution is 2.39. The summed E-state index contributed by atoms with van der Waals surface area (Å²) in [7, 11) is 1.37. The summed E-state index contributed by atoms with van der Waals surface area (Å²) >= 11 is 0. The van der Waals surface area contributed by atoms with Crippen molar-refractivity contribution in [2.75, 3.05) is 20.1 Å². The second kappa shape index (κ2) is 28.7. The number of fused-ring (bicyclic) bond motifs is 5. The number of nitrogens with zero attached hydrogens (tertiary/aromatic N) is 1. The van der Waals surface area contributed by atoms with Gasteiger partial charge in [-0.3, -0.25) is 24.0 Å². The Balaban J connectivity index is 0.00000158. The van der Waals surface area contributed by atoms with E-state index in [1.165, 1.54) is 101 Å². The predicted octanol–water partition coefficient (Wildman–Crippen LogP) is 6.92. The summed E-state index contributed by atoms with van der Waals surface area (Å²) in [5, 5.41) is 49.5. The first kappa shape index (κ1) is 59.1. The van der Waals surface area contributed by atoms with Gasteiger partial charge in [-0.25, -0.2) is 9.59 Å². The van der Waals surface area contributed by atoms with E-state index in [-0.39, 0.29) is 59.9 Å². The minimum atomic E-state index is -5.08. The molecule has 0 fully saturated rings. The maximum atomic E-state index is 14.4. The molecule has 1 aliphatic rings.